The van der Waals surface area contributed by atoms with Gasteiger partial charge in [0, 0.05) is 75.4 Å². The van der Waals surface area contributed by atoms with Gasteiger partial charge < -0.3 is 14.8 Å². The van der Waals surface area contributed by atoms with Crippen molar-refractivity contribution in [1.29, 1.82) is 0 Å². The molecule has 0 atom stereocenters. The number of nitrogens with zero attached hydrogens (tertiary/aromatic N) is 6. The fourth-order valence-corrected chi connectivity index (χ4v) is 5.22. The van der Waals surface area contributed by atoms with Crippen molar-refractivity contribution >= 4 is 22.5 Å². The molecule has 2 aliphatic rings. The number of carbonyl (C=O) groups is 1. The lowest BCUT2D eigenvalue weighted by atomic mass is 10.0. The van der Waals surface area contributed by atoms with Crippen LogP contribution in [-0.2, 0) is 6.54 Å². The molecule has 0 unspecified atom stereocenters. The zero-order valence-electron chi connectivity index (χ0n) is 19.7. The Balaban J connectivity index is 1.32. The summed E-state index contributed by atoms with van der Waals surface area (Å²) in [7, 11) is 2.18. The molecule has 8 heteroatoms. The number of likely N-dealkylation sites (N-methyl/N-ethyl adjacent to an activating group) is 1. The Morgan fingerprint density at radius 2 is 1.85 bits per heavy atom. The monoisotopic (exact) mass is 457 g/mol. The molecule has 1 amide bonds. The second-order valence-electron chi connectivity index (χ2n) is 9.68. The Bertz CT molecular complexity index is 1330. The van der Waals surface area contributed by atoms with Crippen LogP contribution in [0.1, 0.15) is 35.2 Å². The van der Waals surface area contributed by atoms with Gasteiger partial charge >= 0.3 is 0 Å². The maximum absolute atomic E-state index is 13.2. The van der Waals surface area contributed by atoms with Crippen LogP contribution in [-0.4, -0.2) is 86.5 Å². The molecule has 6 heterocycles. The Labute approximate surface area is 199 Å². The average Bonchev–Trinajstić information content (AvgIpc) is 3.49. The summed E-state index contributed by atoms with van der Waals surface area (Å²) in [6.45, 7) is 6.96. The van der Waals surface area contributed by atoms with Crippen LogP contribution in [0.2, 0.25) is 0 Å². The minimum absolute atomic E-state index is 0.0851. The Hall–Kier alpha value is -3.23. The van der Waals surface area contributed by atoms with Gasteiger partial charge in [-0.15, -0.1) is 0 Å². The summed E-state index contributed by atoms with van der Waals surface area (Å²) in [5, 5.41) is 5.55. The predicted molar refractivity (Wildman–Crippen MR) is 133 cm³/mol. The standard InChI is InChI=1S/C26H31N7O/c1-30-9-11-31(12-10-30)18-19-13-21-22(16-28-25(21)27-15-19)20-5-8-33-24(14-20)23(17-29-33)26(34)32-6-3-2-4-7-32/h5,8,13-17H,2-4,6-7,9-12,18H2,1H3,(H,27,28). The third kappa shape index (κ3) is 3.97. The minimum atomic E-state index is 0.0851. The highest BCUT2D eigenvalue weighted by Gasteiger charge is 2.22. The number of H-pyrrole nitrogens is 1. The lowest BCUT2D eigenvalue weighted by Gasteiger charge is -2.32. The van der Waals surface area contributed by atoms with Crippen LogP contribution >= 0.6 is 0 Å². The lowest BCUT2D eigenvalue weighted by Crippen LogP contribution is -2.43. The SMILES string of the molecule is CN1CCN(Cc2cnc3[nH]cc(-c4ccn5ncc(C(=O)N6CCCCC6)c5c4)c3c2)CC1. The molecule has 2 aliphatic heterocycles. The first-order valence-corrected chi connectivity index (χ1v) is 12.3. The smallest absolute Gasteiger partial charge is 0.257 e. The third-order valence-electron chi connectivity index (χ3n) is 7.30. The summed E-state index contributed by atoms with van der Waals surface area (Å²) in [5.41, 5.74) is 5.80. The fourth-order valence-electron chi connectivity index (χ4n) is 5.22. The topological polar surface area (TPSA) is 72.8 Å². The predicted octanol–water partition coefficient (Wildman–Crippen LogP) is 3.25. The molecule has 1 N–H and O–H groups in total. The van der Waals surface area contributed by atoms with Crippen LogP contribution in [0.3, 0.4) is 0 Å². The van der Waals surface area contributed by atoms with E-state index in [2.05, 4.69) is 45.1 Å². The summed E-state index contributed by atoms with van der Waals surface area (Å²) < 4.78 is 1.80. The number of pyridine rings is 2. The highest BCUT2D eigenvalue weighted by atomic mass is 16.2. The maximum Gasteiger partial charge on any atom is 0.257 e. The van der Waals surface area contributed by atoms with Gasteiger partial charge in [-0.1, -0.05) is 0 Å². The van der Waals surface area contributed by atoms with Gasteiger partial charge in [-0.3, -0.25) is 9.69 Å². The van der Waals surface area contributed by atoms with Crippen molar-refractivity contribution in [1.82, 2.24) is 34.3 Å². The van der Waals surface area contributed by atoms with Crippen molar-refractivity contribution in [3.05, 3.63) is 54.1 Å². The Morgan fingerprint density at radius 3 is 2.68 bits per heavy atom. The van der Waals surface area contributed by atoms with Gasteiger partial charge in [0.05, 0.1) is 17.3 Å². The molecule has 0 spiro atoms. The van der Waals surface area contributed by atoms with Gasteiger partial charge in [0.2, 0.25) is 0 Å². The van der Waals surface area contributed by atoms with Gasteiger partial charge in [-0.05, 0) is 55.6 Å². The number of rotatable bonds is 4. The number of hydrogen-bond donors (Lipinski definition) is 1. The molecule has 0 radical (unpaired) electrons. The molecule has 176 valence electrons. The van der Waals surface area contributed by atoms with Crippen LogP contribution in [0.15, 0.2) is 43.0 Å². The van der Waals surface area contributed by atoms with Gasteiger partial charge in [0.1, 0.15) is 5.65 Å². The van der Waals surface area contributed by atoms with E-state index in [1.807, 2.05) is 23.5 Å². The number of amides is 1. The molecular weight excluding hydrogens is 426 g/mol. The number of hydrogen-bond acceptors (Lipinski definition) is 5. The molecule has 4 aromatic heterocycles. The third-order valence-corrected chi connectivity index (χ3v) is 7.30. The number of likely N-dealkylation sites (tertiary alicyclic amines) is 1. The van der Waals surface area contributed by atoms with Crippen molar-refractivity contribution in [3.63, 3.8) is 0 Å². The van der Waals surface area contributed by atoms with E-state index in [-0.39, 0.29) is 5.91 Å². The molecule has 8 nitrogen and oxygen atoms in total. The fraction of sp³-hybridized carbons (Fsp3) is 0.423. The van der Waals surface area contributed by atoms with Gasteiger partial charge in [-0.25, -0.2) is 9.50 Å². The van der Waals surface area contributed by atoms with Gasteiger partial charge in [-0.2, -0.15) is 5.10 Å². The van der Waals surface area contributed by atoms with Crippen LogP contribution in [0.4, 0.5) is 0 Å². The zero-order chi connectivity index (χ0) is 23.1. The molecule has 2 saturated heterocycles. The number of piperidine rings is 1. The van der Waals surface area contributed by atoms with E-state index in [1.54, 1.807) is 10.7 Å². The first-order valence-electron chi connectivity index (χ1n) is 12.3. The molecule has 0 aromatic carbocycles. The number of aromatic amines is 1. The van der Waals surface area contributed by atoms with E-state index in [4.69, 9.17) is 4.98 Å². The van der Waals surface area contributed by atoms with E-state index in [1.165, 1.54) is 12.0 Å². The van der Waals surface area contributed by atoms with Gasteiger partial charge in [0.25, 0.3) is 5.91 Å². The number of carbonyl (C=O) groups excluding carboxylic acids is 1. The van der Waals surface area contributed by atoms with Crippen LogP contribution in [0, 0.1) is 0 Å². The van der Waals surface area contributed by atoms with Crippen molar-refractivity contribution in [2.75, 3.05) is 46.3 Å². The molecule has 0 aliphatic carbocycles. The second-order valence-corrected chi connectivity index (χ2v) is 9.68. The van der Waals surface area contributed by atoms with Crippen molar-refractivity contribution in [2.24, 2.45) is 0 Å². The van der Waals surface area contributed by atoms with E-state index in [0.717, 1.165) is 86.3 Å². The van der Waals surface area contributed by atoms with Crippen LogP contribution in [0.25, 0.3) is 27.7 Å². The second kappa shape index (κ2) is 8.85. The van der Waals surface area contributed by atoms with E-state index >= 15 is 0 Å². The lowest BCUT2D eigenvalue weighted by molar-refractivity contribution is 0.0726. The van der Waals surface area contributed by atoms with Crippen molar-refractivity contribution < 1.29 is 4.79 Å². The average molecular weight is 458 g/mol. The number of fused-ring (bicyclic) bond motifs is 2. The van der Waals surface area contributed by atoms with E-state index in [0.29, 0.717) is 5.56 Å². The Kier molecular flexibility index (Phi) is 5.55. The minimum Gasteiger partial charge on any atom is -0.346 e. The normalized spacial score (nSPS) is 18.2. The molecule has 0 saturated carbocycles. The van der Waals surface area contributed by atoms with Gasteiger partial charge in [0.15, 0.2) is 0 Å². The summed E-state index contributed by atoms with van der Waals surface area (Å²) in [5.74, 6) is 0.0851. The number of piperazine rings is 1. The first kappa shape index (κ1) is 21.3. The molecule has 6 rings (SSSR count). The maximum atomic E-state index is 13.2. The number of nitrogens with one attached hydrogen (secondary N) is 1. The van der Waals surface area contributed by atoms with Crippen LogP contribution < -0.4 is 0 Å². The summed E-state index contributed by atoms with van der Waals surface area (Å²) in [6.07, 6.45) is 11.0. The summed E-state index contributed by atoms with van der Waals surface area (Å²) in [6, 6.07) is 6.40. The highest BCUT2D eigenvalue weighted by molar-refractivity contribution is 6.02. The van der Waals surface area contributed by atoms with Crippen molar-refractivity contribution in [2.45, 2.75) is 25.8 Å². The molecule has 4 aromatic rings. The molecule has 0 bridgehead atoms. The van der Waals surface area contributed by atoms with Crippen molar-refractivity contribution in [3.8, 4) is 11.1 Å². The Morgan fingerprint density at radius 1 is 1.03 bits per heavy atom. The highest BCUT2D eigenvalue weighted by Crippen LogP contribution is 2.30. The molecule has 2 fully saturated rings. The van der Waals surface area contributed by atoms with E-state index < -0.39 is 0 Å². The first-order chi connectivity index (χ1) is 16.7. The largest absolute Gasteiger partial charge is 0.346 e. The molecular formula is C26H31N7O. The van der Waals surface area contributed by atoms with Crippen LogP contribution in [0.5, 0.6) is 0 Å². The molecule has 34 heavy (non-hydrogen) atoms. The summed E-state index contributed by atoms with van der Waals surface area (Å²) in [4.78, 5) is 28.0. The zero-order valence-corrected chi connectivity index (χ0v) is 19.7. The summed E-state index contributed by atoms with van der Waals surface area (Å²) >= 11 is 0. The quantitative estimate of drug-likeness (QED) is 0.509. The number of aromatic nitrogens is 4. The van der Waals surface area contributed by atoms with E-state index in [9.17, 15) is 4.79 Å².